The maximum atomic E-state index is 13.0. The summed E-state index contributed by atoms with van der Waals surface area (Å²) in [4.78, 5) is 0. The Kier molecular flexibility index (Phi) is 4.45. The van der Waals surface area contributed by atoms with Gasteiger partial charge in [0.05, 0.1) is 0 Å². The van der Waals surface area contributed by atoms with E-state index in [0.717, 1.165) is 44.5 Å². The Morgan fingerprint density at radius 3 is 2.65 bits per heavy atom. The molecule has 0 atom stereocenters. The van der Waals surface area contributed by atoms with E-state index >= 15 is 0 Å². The average Bonchev–Trinajstić information content (AvgIpc) is 2.35. The lowest BCUT2D eigenvalue weighted by atomic mass is 10.1. The first kappa shape index (κ1) is 12.5. The maximum Gasteiger partial charge on any atom is 0.159 e. The van der Waals surface area contributed by atoms with Crippen molar-refractivity contribution in [3.63, 3.8) is 0 Å². The molecule has 0 bridgehead atoms. The topological polar surface area (TPSA) is 24.1 Å². The lowest BCUT2D eigenvalue weighted by Gasteiger charge is -2.23. The zero-order valence-corrected chi connectivity index (χ0v) is 9.81. The molecule has 1 fully saturated rings. The summed E-state index contributed by atoms with van der Waals surface area (Å²) in [5.74, 6) is -1.54. The van der Waals surface area contributed by atoms with Crippen LogP contribution in [0.3, 0.4) is 0 Å². The third kappa shape index (κ3) is 3.75. The standard InChI is InChI=1S/C13H18F2N2/c14-12-2-1-10(9-13(12)15)3-8-17-11-4-6-16-7-5-11/h1-2,9,11,16-17H,3-8H2. The number of nitrogens with one attached hydrogen (secondary N) is 2. The van der Waals surface area contributed by atoms with Crippen LogP contribution < -0.4 is 10.6 Å². The van der Waals surface area contributed by atoms with Gasteiger partial charge in [-0.2, -0.15) is 0 Å². The van der Waals surface area contributed by atoms with Crippen molar-refractivity contribution in [2.75, 3.05) is 19.6 Å². The van der Waals surface area contributed by atoms with Crippen LogP contribution in [-0.4, -0.2) is 25.7 Å². The third-order valence-corrected chi connectivity index (χ3v) is 3.17. The van der Waals surface area contributed by atoms with Crippen molar-refractivity contribution in [2.45, 2.75) is 25.3 Å². The lowest BCUT2D eigenvalue weighted by Crippen LogP contribution is -2.40. The molecule has 0 aromatic heterocycles. The molecular formula is C13H18F2N2. The van der Waals surface area contributed by atoms with E-state index in [9.17, 15) is 8.78 Å². The first-order valence-corrected chi connectivity index (χ1v) is 6.14. The first-order chi connectivity index (χ1) is 8.25. The Labute approximate surface area is 100 Å². The van der Waals surface area contributed by atoms with Gasteiger partial charge in [-0.3, -0.25) is 0 Å². The summed E-state index contributed by atoms with van der Waals surface area (Å²) in [5, 5.41) is 6.75. The van der Waals surface area contributed by atoms with Gasteiger partial charge in [0.15, 0.2) is 11.6 Å². The van der Waals surface area contributed by atoms with Gasteiger partial charge in [-0.1, -0.05) is 6.07 Å². The van der Waals surface area contributed by atoms with E-state index < -0.39 is 11.6 Å². The molecule has 2 nitrogen and oxygen atoms in total. The van der Waals surface area contributed by atoms with Crippen LogP contribution in [-0.2, 0) is 6.42 Å². The fraction of sp³-hybridized carbons (Fsp3) is 0.538. The molecule has 1 aromatic rings. The quantitative estimate of drug-likeness (QED) is 0.839. The second kappa shape index (κ2) is 6.07. The van der Waals surface area contributed by atoms with Gasteiger partial charge in [-0.25, -0.2) is 8.78 Å². The fourth-order valence-corrected chi connectivity index (χ4v) is 2.14. The predicted molar refractivity (Wildman–Crippen MR) is 64.0 cm³/mol. The van der Waals surface area contributed by atoms with Gasteiger partial charge in [0.2, 0.25) is 0 Å². The van der Waals surface area contributed by atoms with E-state index in [1.54, 1.807) is 6.07 Å². The van der Waals surface area contributed by atoms with Gasteiger partial charge in [-0.05, 0) is 56.6 Å². The summed E-state index contributed by atoms with van der Waals surface area (Å²) in [6.07, 6.45) is 3.01. The van der Waals surface area contributed by atoms with Gasteiger partial charge >= 0.3 is 0 Å². The molecule has 4 heteroatoms. The number of hydrogen-bond donors (Lipinski definition) is 2. The fourth-order valence-electron chi connectivity index (χ4n) is 2.14. The Balaban J connectivity index is 1.75. The van der Waals surface area contributed by atoms with Gasteiger partial charge in [0.25, 0.3) is 0 Å². The molecule has 17 heavy (non-hydrogen) atoms. The third-order valence-electron chi connectivity index (χ3n) is 3.17. The molecule has 0 aliphatic carbocycles. The van der Waals surface area contributed by atoms with Crippen LogP contribution in [0.5, 0.6) is 0 Å². The van der Waals surface area contributed by atoms with Crippen LogP contribution >= 0.6 is 0 Å². The molecule has 1 aromatic carbocycles. The smallest absolute Gasteiger partial charge is 0.159 e. The highest BCUT2D eigenvalue weighted by Crippen LogP contribution is 2.09. The van der Waals surface area contributed by atoms with Crippen LogP contribution in [0.15, 0.2) is 18.2 Å². The maximum absolute atomic E-state index is 13.0. The van der Waals surface area contributed by atoms with Crippen LogP contribution in [0, 0.1) is 11.6 Å². The van der Waals surface area contributed by atoms with Crippen molar-refractivity contribution in [2.24, 2.45) is 0 Å². The second-order valence-corrected chi connectivity index (χ2v) is 4.48. The lowest BCUT2D eigenvalue weighted by molar-refractivity contribution is 0.389. The summed E-state index contributed by atoms with van der Waals surface area (Å²) in [6, 6.07) is 4.67. The van der Waals surface area contributed by atoms with Crippen molar-refractivity contribution in [1.29, 1.82) is 0 Å². The minimum atomic E-state index is -0.778. The minimum absolute atomic E-state index is 0.557. The monoisotopic (exact) mass is 240 g/mol. The van der Waals surface area contributed by atoms with E-state index in [2.05, 4.69) is 10.6 Å². The molecule has 0 spiro atoms. The highest BCUT2D eigenvalue weighted by molar-refractivity contribution is 5.18. The molecule has 0 radical (unpaired) electrons. The molecule has 0 unspecified atom stereocenters. The van der Waals surface area contributed by atoms with E-state index in [1.807, 2.05) is 0 Å². The molecule has 0 saturated carbocycles. The number of rotatable bonds is 4. The van der Waals surface area contributed by atoms with Gasteiger partial charge in [-0.15, -0.1) is 0 Å². The van der Waals surface area contributed by atoms with Crippen molar-refractivity contribution in [3.05, 3.63) is 35.4 Å². The molecular weight excluding hydrogens is 222 g/mol. The summed E-state index contributed by atoms with van der Waals surface area (Å²) < 4.78 is 25.7. The van der Waals surface area contributed by atoms with Crippen molar-refractivity contribution in [1.82, 2.24) is 10.6 Å². The molecule has 94 valence electrons. The van der Waals surface area contributed by atoms with Crippen LogP contribution in [0.25, 0.3) is 0 Å². The van der Waals surface area contributed by atoms with Crippen LogP contribution in [0.4, 0.5) is 8.78 Å². The Bertz CT molecular complexity index is 362. The molecule has 1 aliphatic heterocycles. The normalized spacial score (nSPS) is 17.3. The first-order valence-electron chi connectivity index (χ1n) is 6.14. The zero-order valence-electron chi connectivity index (χ0n) is 9.81. The summed E-state index contributed by atoms with van der Waals surface area (Å²) in [7, 11) is 0. The zero-order chi connectivity index (χ0) is 12.1. The number of halogens is 2. The molecule has 2 N–H and O–H groups in total. The summed E-state index contributed by atoms with van der Waals surface area (Å²) >= 11 is 0. The van der Waals surface area contributed by atoms with Crippen LogP contribution in [0.2, 0.25) is 0 Å². The molecule has 1 heterocycles. The van der Waals surface area contributed by atoms with E-state index in [4.69, 9.17) is 0 Å². The highest BCUT2D eigenvalue weighted by Gasteiger charge is 2.11. The molecule has 0 amide bonds. The SMILES string of the molecule is Fc1ccc(CCNC2CCNCC2)cc1F. The largest absolute Gasteiger partial charge is 0.317 e. The highest BCUT2D eigenvalue weighted by atomic mass is 19.2. The predicted octanol–water partition coefficient (Wildman–Crippen LogP) is 1.85. The van der Waals surface area contributed by atoms with Crippen molar-refractivity contribution in [3.8, 4) is 0 Å². The molecule has 1 saturated heterocycles. The minimum Gasteiger partial charge on any atom is -0.317 e. The summed E-state index contributed by atoms with van der Waals surface area (Å²) in [5.41, 5.74) is 0.838. The number of benzene rings is 1. The Morgan fingerprint density at radius 2 is 1.94 bits per heavy atom. The number of hydrogen-bond acceptors (Lipinski definition) is 2. The number of piperidine rings is 1. The Morgan fingerprint density at radius 1 is 1.18 bits per heavy atom. The molecule has 2 rings (SSSR count). The van der Waals surface area contributed by atoms with Gasteiger partial charge in [0.1, 0.15) is 0 Å². The second-order valence-electron chi connectivity index (χ2n) is 4.48. The average molecular weight is 240 g/mol. The van der Waals surface area contributed by atoms with Crippen molar-refractivity contribution < 1.29 is 8.78 Å². The van der Waals surface area contributed by atoms with E-state index in [-0.39, 0.29) is 0 Å². The van der Waals surface area contributed by atoms with Crippen molar-refractivity contribution >= 4 is 0 Å². The molecule has 1 aliphatic rings. The van der Waals surface area contributed by atoms with Crippen LogP contribution in [0.1, 0.15) is 18.4 Å². The van der Waals surface area contributed by atoms with E-state index in [1.165, 1.54) is 12.1 Å². The van der Waals surface area contributed by atoms with Gasteiger partial charge < -0.3 is 10.6 Å². The van der Waals surface area contributed by atoms with E-state index in [0.29, 0.717) is 6.04 Å². The Hall–Kier alpha value is -1.00. The van der Waals surface area contributed by atoms with Gasteiger partial charge in [0, 0.05) is 6.04 Å². The summed E-state index contributed by atoms with van der Waals surface area (Å²) in [6.45, 7) is 2.93.